The first-order valence-electron chi connectivity index (χ1n) is 8.64. The lowest BCUT2D eigenvalue weighted by Crippen LogP contribution is -2.33. The Labute approximate surface area is 155 Å². The number of rotatable bonds is 5. The Morgan fingerprint density at radius 2 is 1.58 bits per heavy atom. The third-order valence-electron chi connectivity index (χ3n) is 4.38. The second-order valence-electron chi connectivity index (χ2n) is 6.73. The second-order valence-corrected chi connectivity index (χ2v) is 6.73. The number of carbonyl (C=O) groups excluding carboxylic acids is 2. The van der Waals surface area contributed by atoms with Crippen molar-refractivity contribution < 1.29 is 9.59 Å². The lowest BCUT2D eigenvalue weighted by Gasteiger charge is -2.15. The molecule has 0 aliphatic rings. The zero-order valence-corrected chi connectivity index (χ0v) is 16.1. The summed E-state index contributed by atoms with van der Waals surface area (Å²) in [6.07, 6.45) is 3.31. The minimum Gasteiger partial charge on any atom is -0.333 e. The molecule has 0 aliphatic heterocycles. The Morgan fingerprint density at radius 1 is 0.962 bits per heavy atom. The summed E-state index contributed by atoms with van der Waals surface area (Å²) in [5, 5.41) is 2.79. The van der Waals surface area contributed by atoms with Crippen LogP contribution in [0.3, 0.4) is 0 Å². The van der Waals surface area contributed by atoms with E-state index in [2.05, 4.69) is 31.3 Å². The van der Waals surface area contributed by atoms with Crippen LogP contribution in [-0.2, 0) is 9.59 Å². The Balaban J connectivity index is 1.95. The van der Waals surface area contributed by atoms with Gasteiger partial charge < -0.3 is 10.2 Å². The van der Waals surface area contributed by atoms with Gasteiger partial charge in [-0.1, -0.05) is 29.8 Å². The Hall–Kier alpha value is -2.88. The van der Waals surface area contributed by atoms with Crippen LogP contribution in [0.15, 0.2) is 42.5 Å². The van der Waals surface area contributed by atoms with E-state index in [1.54, 1.807) is 13.1 Å². The standard InChI is InChI=1S/C22H26N2O2/c1-15-6-9-20(10-7-15)23-21(25)14-24(5)22(26)11-8-19-13-17(3)16(2)12-18(19)4/h6-13H,14H2,1-5H3,(H,23,25)/b11-8+. The molecule has 4 heteroatoms. The molecule has 1 N–H and O–H groups in total. The van der Waals surface area contributed by atoms with E-state index in [9.17, 15) is 9.59 Å². The van der Waals surface area contributed by atoms with E-state index in [1.165, 1.54) is 22.1 Å². The number of nitrogens with one attached hydrogen (secondary N) is 1. The number of hydrogen-bond acceptors (Lipinski definition) is 2. The molecule has 0 saturated heterocycles. The topological polar surface area (TPSA) is 49.4 Å². The van der Waals surface area contributed by atoms with Crippen molar-refractivity contribution in [2.75, 3.05) is 18.9 Å². The lowest BCUT2D eigenvalue weighted by atomic mass is 10.0. The minimum absolute atomic E-state index is 0.00293. The molecule has 0 unspecified atom stereocenters. The quantitative estimate of drug-likeness (QED) is 0.828. The van der Waals surface area contributed by atoms with Crippen LogP contribution in [0.1, 0.15) is 27.8 Å². The van der Waals surface area contributed by atoms with E-state index < -0.39 is 0 Å². The summed E-state index contributed by atoms with van der Waals surface area (Å²) in [7, 11) is 1.62. The highest BCUT2D eigenvalue weighted by atomic mass is 16.2. The number of nitrogens with zero attached hydrogens (tertiary/aromatic N) is 1. The maximum atomic E-state index is 12.3. The van der Waals surface area contributed by atoms with Crippen LogP contribution in [0.25, 0.3) is 6.08 Å². The first-order chi connectivity index (χ1) is 12.3. The molecule has 0 fully saturated rings. The van der Waals surface area contributed by atoms with Crippen molar-refractivity contribution in [1.82, 2.24) is 4.90 Å². The minimum atomic E-state index is -0.222. The van der Waals surface area contributed by atoms with Gasteiger partial charge in [-0.05, 0) is 68.2 Å². The van der Waals surface area contributed by atoms with Gasteiger partial charge in [-0.3, -0.25) is 9.59 Å². The number of aryl methyl sites for hydroxylation is 4. The van der Waals surface area contributed by atoms with Gasteiger partial charge in [0, 0.05) is 18.8 Å². The summed E-state index contributed by atoms with van der Waals surface area (Å²) in [6, 6.07) is 11.7. The van der Waals surface area contributed by atoms with Gasteiger partial charge in [0.05, 0.1) is 6.54 Å². The maximum Gasteiger partial charge on any atom is 0.246 e. The molecule has 136 valence electrons. The molecule has 2 rings (SSSR count). The van der Waals surface area contributed by atoms with Crippen molar-refractivity contribution in [3.05, 3.63) is 70.3 Å². The summed E-state index contributed by atoms with van der Waals surface area (Å²) in [5.41, 5.74) is 6.41. The third-order valence-corrected chi connectivity index (χ3v) is 4.38. The highest BCUT2D eigenvalue weighted by molar-refractivity contribution is 5.98. The van der Waals surface area contributed by atoms with Gasteiger partial charge in [-0.2, -0.15) is 0 Å². The van der Waals surface area contributed by atoms with E-state index in [1.807, 2.05) is 38.1 Å². The molecule has 0 spiro atoms. The van der Waals surface area contributed by atoms with Crippen LogP contribution in [0.5, 0.6) is 0 Å². The Morgan fingerprint density at radius 3 is 2.23 bits per heavy atom. The number of amides is 2. The summed E-state index contributed by atoms with van der Waals surface area (Å²) in [4.78, 5) is 25.8. The predicted molar refractivity (Wildman–Crippen MR) is 107 cm³/mol. The van der Waals surface area contributed by atoms with Crippen LogP contribution in [0.2, 0.25) is 0 Å². The predicted octanol–water partition coefficient (Wildman–Crippen LogP) is 4.03. The summed E-state index contributed by atoms with van der Waals surface area (Å²) < 4.78 is 0. The average molecular weight is 350 g/mol. The maximum absolute atomic E-state index is 12.3. The molecule has 0 aliphatic carbocycles. The molecule has 0 bridgehead atoms. The van der Waals surface area contributed by atoms with E-state index in [4.69, 9.17) is 0 Å². The largest absolute Gasteiger partial charge is 0.333 e. The van der Waals surface area contributed by atoms with Gasteiger partial charge in [0.15, 0.2) is 0 Å². The number of carbonyl (C=O) groups is 2. The van der Waals surface area contributed by atoms with Gasteiger partial charge in [0.1, 0.15) is 0 Å². The van der Waals surface area contributed by atoms with Gasteiger partial charge in [-0.15, -0.1) is 0 Å². The van der Waals surface area contributed by atoms with Crippen molar-refractivity contribution in [1.29, 1.82) is 0 Å². The van der Waals surface area contributed by atoms with Crippen molar-refractivity contribution in [2.24, 2.45) is 0 Å². The first kappa shape index (κ1) is 19.4. The highest BCUT2D eigenvalue weighted by Gasteiger charge is 2.11. The molecule has 0 atom stereocenters. The summed E-state index contributed by atoms with van der Waals surface area (Å²) >= 11 is 0. The van der Waals surface area contributed by atoms with Gasteiger partial charge in [-0.25, -0.2) is 0 Å². The van der Waals surface area contributed by atoms with Gasteiger partial charge in [0.2, 0.25) is 11.8 Å². The van der Waals surface area contributed by atoms with Gasteiger partial charge in [0.25, 0.3) is 0 Å². The molecule has 0 saturated carbocycles. The summed E-state index contributed by atoms with van der Waals surface area (Å²) in [6.45, 7) is 8.14. The lowest BCUT2D eigenvalue weighted by molar-refractivity contribution is -0.129. The number of benzene rings is 2. The number of anilines is 1. The van der Waals surface area contributed by atoms with Crippen molar-refractivity contribution in [3.8, 4) is 0 Å². The van der Waals surface area contributed by atoms with Crippen molar-refractivity contribution in [3.63, 3.8) is 0 Å². The molecule has 2 aromatic carbocycles. The first-order valence-corrected chi connectivity index (χ1v) is 8.64. The average Bonchev–Trinajstić information content (AvgIpc) is 2.58. The van der Waals surface area contributed by atoms with Crippen LogP contribution < -0.4 is 5.32 Å². The van der Waals surface area contributed by atoms with Gasteiger partial charge >= 0.3 is 0 Å². The number of hydrogen-bond donors (Lipinski definition) is 1. The molecule has 4 nitrogen and oxygen atoms in total. The van der Waals surface area contributed by atoms with E-state index in [-0.39, 0.29) is 18.4 Å². The van der Waals surface area contributed by atoms with E-state index in [0.717, 1.165) is 22.4 Å². The SMILES string of the molecule is Cc1ccc(NC(=O)CN(C)C(=O)/C=C/c2cc(C)c(C)cc2C)cc1. The normalized spacial score (nSPS) is 10.8. The Kier molecular flexibility index (Phi) is 6.34. The van der Waals surface area contributed by atoms with E-state index in [0.29, 0.717) is 0 Å². The fraction of sp³-hybridized carbons (Fsp3) is 0.273. The Bertz CT molecular complexity index is 836. The highest BCUT2D eigenvalue weighted by Crippen LogP contribution is 2.16. The summed E-state index contributed by atoms with van der Waals surface area (Å²) in [5.74, 6) is -0.429. The van der Waals surface area contributed by atoms with Crippen LogP contribution >= 0.6 is 0 Å². The fourth-order valence-corrected chi connectivity index (χ4v) is 2.58. The molecular weight excluding hydrogens is 324 g/mol. The van der Waals surface area contributed by atoms with E-state index >= 15 is 0 Å². The van der Waals surface area contributed by atoms with Crippen LogP contribution in [0, 0.1) is 27.7 Å². The molecule has 0 aromatic heterocycles. The van der Waals surface area contributed by atoms with Crippen molar-refractivity contribution >= 4 is 23.6 Å². The monoisotopic (exact) mass is 350 g/mol. The molecule has 26 heavy (non-hydrogen) atoms. The van der Waals surface area contributed by atoms with Crippen molar-refractivity contribution in [2.45, 2.75) is 27.7 Å². The third kappa shape index (κ3) is 5.31. The molecule has 0 radical (unpaired) electrons. The molecule has 2 amide bonds. The zero-order chi connectivity index (χ0) is 19.3. The second kappa shape index (κ2) is 8.48. The van der Waals surface area contributed by atoms with Crippen LogP contribution in [0.4, 0.5) is 5.69 Å². The molecule has 0 heterocycles. The smallest absolute Gasteiger partial charge is 0.246 e. The zero-order valence-electron chi connectivity index (χ0n) is 16.1. The fourth-order valence-electron chi connectivity index (χ4n) is 2.58. The molecular formula is C22H26N2O2. The number of likely N-dealkylation sites (N-methyl/N-ethyl adjacent to an activating group) is 1. The molecule has 2 aromatic rings. The van der Waals surface area contributed by atoms with Crippen LogP contribution in [-0.4, -0.2) is 30.3 Å².